The molecule has 0 bridgehead atoms. The molecule has 0 spiro atoms. The van der Waals surface area contributed by atoms with Crippen molar-refractivity contribution in [2.75, 3.05) is 32.8 Å². The molecule has 0 radical (unpaired) electrons. The molecule has 0 saturated carbocycles. The highest BCUT2D eigenvalue weighted by Gasteiger charge is 2.29. The Hall–Kier alpha value is -2.51. The Balaban J connectivity index is 1.95. The van der Waals surface area contributed by atoms with Crippen molar-refractivity contribution in [2.24, 2.45) is 5.92 Å². The fourth-order valence-electron chi connectivity index (χ4n) is 3.37. The number of nitrogens with zero attached hydrogens (tertiary/aromatic N) is 4. The number of aryl methyl sites for hydroxylation is 1. The molecule has 1 aromatic rings. The number of carbonyl (C=O) groups is 3. The van der Waals surface area contributed by atoms with E-state index in [-0.39, 0.29) is 30.1 Å². The van der Waals surface area contributed by atoms with Crippen molar-refractivity contribution >= 4 is 17.8 Å². The van der Waals surface area contributed by atoms with Gasteiger partial charge >= 0.3 is 5.97 Å². The summed E-state index contributed by atoms with van der Waals surface area (Å²) in [5.41, 5.74) is 1.04. The highest BCUT2D eigenvalue weighted by Crippen LogP contribution is 2.19. The lowest BCUT2D eigenvalue weighted by atomic mass is 9.98. The zero-order valence-electron chi connectivity index (χ0n) is 17.7. The van der Waals surface area contributed by atoms with Gasteiger partial charge in [0.05, 0.1) is 24.4 Å². The lowest BCUT2D eigenvalue weighted by Gasteiger charge is -2.32. The molecule has 0 aliphatic carbocycles. The van der Waals surface area contributed by atoms with Gasteiger partial charge in [-0.2, -0.15) is 0 Å². The minimum atomic E-state index is -0.256. The summed E-state index contributed by atoms with van der Waals surface area (Å²) >= 11 is 0. The van der Waals surface area contributed by atoms with Crippen molar-refractivity contribution in [3.8, 4) is 0 Å². The smallest absolute Gasteiger partial charge is 0.310 e. The average Bonchev–Trinajstić information content (AvgIpc) is 2.74. The number of likely N-dealkylation sites (tertiary alicyclic amines) is 1. The first-order valence-corrected chi connectivity index (χ1v) is 10.5. The number of hydrogen-bond donors (Lipinski definition) is 0. The number of piperidine rings is 1. The van der Waals surface area contributed by atoms with E-state index in [1.807, 2.05) is 6.92 Å². The van der Waals surface area contributed by atoms with E-state index in [1.54, 1.807) is 22.9 Å². The van der Waals surface area contributed by atoms with E-state index in [0.29, 0.717) is 38.5 Å². The van der Waals surface area contributed by atoms with Crippen molar-refractivity contribution in [1.82, 2.24) is 19.8 Å². The number of ether oxygens (including phenoxy) is 1. The van der Waals surface area contributed by atoms with Crippen molar-refractivity contribution in [2.45, 2.75) is 52.9 Å². The minimum absolute atomic E-state index is 0.0386. The first-order chi connectivity index (χ1) is 14.0. The number of rotatable bonds is 9. The molecule has 1 aromatic heterocycles. The maximum Gasteiger partial charge on any atom is 0.310 e. The standard InChI is InChI=1S/C21H32N4O4/c1-4-6-10-24(20(27)18-14-22-16(3)13-23-18)12-9-19(26)25-11-7-8-17(15-25)21(28)29-5-2/h13-14,17H,4-12,15H2,1-3H3/t17-/m0/s1. The number of unbranched alkanes of at least 4 members (excludes halogenated alkanes) is 1. The van der Waals surface area contributed by atoms with Crippen LogP contribution in [0.1, 0.15) is 62.1 Å². The summed E-state index contributed by atoms with van der Waals surface area (Å²) in [5, 5.41) is 0. The lowest BCUT2D eigenvalue weighted by Crippen LogP contribution is -2.44. The molecule has 8 nitrogen and oxygen atoms in total. The third-order valence-corrected chi connectivity index (χ3v) is 5.06. The number of carbonyl (C=O) groups excluding carboxylic acids is 3. The largest absolute Gasteiger partial charge is 0.466 e. The van der Waals surface area contributed by atoms with Gasteiger partial charge in [-0.25, -0.2) is 4.98 Å². The molecule has 1 aliphatic rings. The van der Waals surface area contributed by atoms with E-state index in [1.165, 1.54) is 6.20 Å². The highest BCUT2D eigenvalue weighted by atomic mass is 16.5. The van der Waals surface area contributed by atoms with Gasteiger partial charge in [0.1, 0.15) is 5.69 Å². The summed E-state index contributed by atoms with van der Waals surface area (Å²) in [7, 11) is 0. The first kappa shape index (κ1) is 22.8. The molecular weight excluding hydrogens is 372 g/mol. The number of aromatic nitrogens is 2. The minimum Gasteiger partial charge on any atom is -0.466 e. The predicted octanol–water partition coefficient (Wildman–Crippen LogP) is 2.22. The number of esters is 1. The number of amides is 2. The van der Waals surface area contributed by atoms with Gasteiger partial charge < -0.3 is 14.5 Å². The Morgan fingerprint density at radius 2 is 2.00 bits per heavy atom. The summed E-state index contributed by atoms with van der Waals surface area (Å²) in [4.78, 5) is 49.2. The molecule has 160 valence electrons. The average molecular weight is 405 g/mol. The maximum absolute atomic E-state index is 12.8. The zero-order valence-corrected chi connectivity index (χ0v) is 17.7. The van der Waals surface area contributed by atoms with Gasteiger partial charge in [-0.3, -0.25) is 19.4 Å². The van der Waals surface area contributed by atoms with Gasteiger partial charge in [0, 0.05) is 38.8 Å². The molecule has 29 heavy (non-hydrogen) atoms. The Labute approximate surface area is 172 Å². The molecule has 1 aliphatic heterocycles. The van der Waals surface area contributed by atoms with Gasteiger partial charge in [0.25, 0.3) is 5.91 Å². The molecule has 8 heteroatoms. The third kappa shape index (κ3) is 6.80. The van der Waals surface area contributed by atoms with Crippen LogP contribution >= 0.6 is 0 Å². The van der Waals surface area contributed by atoms with Crippen LogP contribution in [0.4, 0.5) is 0 Å². The van der Waals surface area contributed by atoms with Crippen molar-refractivity contribution < 1.29 is 19.1 Å². The van der Waals surface area contributed by atoms with Crippen LogP contribution in [0.25, 0.3) is 0 Å². The van der Waals surface area contributed by atoms with Gasteiger partial charge in [-0.1, -0.05) is 13.3 Å². The van der Waals surface area contributed by atoms with Crippen LogP contribution in [-0.4, -0.2) is 70.3 Å². The van der Waals surface area contributed by atoms with Crippen LogP contribution in [0, 0.1) is 12.8 Å². The van der Waals surface area contributed by atoms with Gasteiger partial charge in [-0.05, 0) is 33.1 Å². The van der Waals surface area contributed by atoms with Gasteiger partial charge in [0.2, 0.25) is 5.91 Å². The lowest BCUT2D eigenvalue weighted by molar-refractivity contribution is -0.151. The van der Waals surface area contributed by atoms with Crippen LogP contribution < -0.4 is 0 Å². The van der Waals surface area contributed by atoms with E-state index >= 15 is 0 Å². The second-order valence-corrected chi connectivity index (χ2v) is 7.37. The van der Waals surface area contributed by atoms with Crippen molar-refractivity contribution in [3.63, 3.8) is 0 Å². The van der Waals surface area contributed by atoms with Gasteiger partial charge in [0.15, 0.2) is 0 Å². The molecule has 0 N–H and O–H groups in total. The van der Waals surface area contributed by atoms with E-state index < -0.39 is 0 Å². The highest BCUT2D eigenvalue weighted by molar-refractivity contribution is 5.92. The Bertz CT molecular complexity index is 692. The van der Waals surface area contributed by atoms with E-state index in [0.717, 1.165) is 31.4 Å². The third-order valence-electron chi connectivity index (χ3n) is 5.06. The molecule has 0 aromatic carbocycles. The van der Waals surface area contributed by atoms with Crippen LogP contribution in [0.3, 0.4) is 0 Å². The monoisotopic (exact) mass is 404 g/mol. The molecule has 1 saturated heterocycles. The van der Waals surface area contributed by atoms with Gasteiger partial charge in [-0.15, -0.1) is 0 Å². The molecule has 1 fully saturated rings. The molecule has 0 unspecified atom stereocenters. The fraction of sp³-hybridized carbons (Fsp3) is 0.667. The molecule has 2 heterocycles. The first-order valence-electron chi connectivity index (χ1n) is 10.5. The molecule has 2 amide bonds. The summed E-state index contributed by atoms with van der Waals surface area (Å²) in [5.74, 6) is -0.735. The summed E-state index contributed by atoms with van der Waals surface area (Å²) in [6, 6.07) is 0. The van der Waals surface area contributed by atoms with E-state index in [2.05, 4.69) is 16.9 Å². The Morgan fingerprint density at radius 3 is 2.66 bits per heavy atom. The van der Waals surface area contributed by atoms with Crippen molar-refractivity contribution in [3.05, 3.63) is 23.8 Å². The zero-order chi connectivity index (χ0) is 21.2. The van der Waals surface area contributed by atoms with Crippen LogP contribution in [-0.2, 0) is 14.3 Å². The second-order valence-electron chi connectivity index (χ2n) is 7.37. The summed E-state index contributed by atoms with van der Waals surface area (Å²) < 4.78 is 5.10. The Morgan fingerprint density at radius 1 is 1.21 bits per heavy atom. The maximum atomic E-state index is 12.8. The van der Waals surface area contributed by atoms with Crippen LogP contribution in [0.15, 0.2) is 12.4 Å². The topological polar surface area (TPSA) is 92.7 Å². The Kier molecular flexibility index (Phi) is 9.02. The normalized spacial score (nSPS) is 16.4. The summed E-state index contributed by atoms with van der Waals surface area (Å²) in [6.07, 6.45) is 6.61. The van der Waals surface area contributed by atoms with Crippen LogP contribution in [0.2, 0.25) is 0 Å². The number of hydrogen-bond acceptors (Lipinski definition) is 6. The fourth-order valence-corrected chi connectivity index (χ4v) is 3.37. The van der Waals surface area contributed by atoms with Crippen molar-refractivity contribution in [1.29, 1.82) is 0 Å². The quantitative estimate of drug-likeness (QED) is 0.586. The van der Waals surface area contributed by atoms with Crippen LogP contribution in [0.5, 0.6) is 0 Å². The molecule has 2 rings (SSSR count). The summed E-state index contributed by atoms with van der Waals surface area (Å²) in [6.45, 7) is 7.94. The SMILES string of the molecule is CCCCN(CCC(=O)N1CCC[C@H](C(=O)OCC)C1)C(=O)c1cnc(C)cn1. The van der Waals surface area contributed by atoms with E-state index in [9.17, 15) is 14.4 Å². The molecule has 1 atom stereocenters. The van der Waals surface area contributed by atoms with E-state index in [4.69, 9.17) is 4.74 Å². The second kappa shape index (κ2) is 11.5. The predicted molar refractivity (Wildman–Crippen MR) is 108 cm³/mol. The molecular formula is C21H32N4O4.